The molecule has 23 heteroatoms. The van der Waals surface area contributed by atoms with Gasteiger partial charge in [0.25, 0.3) is 0 Å². The summed E-state index contributed by atoms with van der Waals surface area (Å²) in [5.74, 6) is -1.29. The highest BCUT2D eigenvalue weighted by molar-refractivity contribution is 5.73. The topological polar surface area (TPSA) is 366 Å². The van der Waals surface area contributed by atoms with E-state index in [4.69, 9.17) is 33.2 Å². The molecule has 0 aromatic carbocycles. The number of aliphatic hydroxyl groups excluding tert-OH is 12. The molecule has 4 saturated heterocycles. The van der Waals surface area contributed by atoms with Crippen LogP contribution in [0.4, 0.5) is 0 Å². The molecule has 0 bridgehead atoms. The molecule has 0 spiro atoms. The predicted molar refractivity (Wildman–Crippen MR) is 157 cm³/mol. The molecule has 4 fully saturated rings. The monoisotopic (exact) mass is 748 g/mol. The lowest BCUT2D eigenvalue weighted by atomic mass is 9.95. The molecule has 23 nitrogen and oxygen atoms in total. The summed E-state index contributed by atoms with van der Waals surface area (Å²) in [6.45, 7) is -0.696. The quantitative estimate of drug-likeness (QED) is 0.0881. The molecule has 4 aliphatic rings. The Kier molecular flexibility index (Phi) is 14.8. The molecule has 51 heavy (non-hydrogen) atoms. The number of hydrogen-bond donors (Lipinski definition) is 14. The molecule has 20 atom stereocenters. The van der Waals surface area contributed by atoms with Gasteiger partial charge in [0, 0.05) is 13.8 Å². The first-order valence-corrected chi connectivity index (χ1v) is 16.1. The van der Waals surface area contributed by atoms with Crippen molar-refractivity contribution in [3.8, 4) is 0 Å². The van der Waals surface area contributed by atoms with Crippen LogP contribution in [0.25, 0.3) is 0 Å². The summed E-state index contributed by atoms with van der Waals surface area (Å²) in [6, 6.07) is -2.79. The van der Waals surface area contributed by atoms with Gasteiger partial charge in [-0.3, -0.25) is 9.59 Å². The van der Waals surface area contributed by atoms with Gasteiger partial charge in [0.1, 0.15) is 97.5 Å². The maximum absolute atomic E-state index is 11.7. The summed E-state index contributed by atoms with van der Waals surface area (Å²) in [6.07, 6.45) is -30.6. The third kappa shape index (κ3) is 9.47. The van der Waals surface area contributed by atoms with Crippen LogP contribution in [0.15, 0.2) is 0 Å². The fraction of sp³-hybridized carbons (Fsp3) is 0.929. The minimum atomic E-state index is -1.96. The van der Waals surface area contributed by atoms with Crippen molar-refractivity contribution < 1.29 is 104 Å². The fourth-order valence-corrected chi connectivity index (χ4v) is 6.15. The first-order valence-electron chi connectivity index (χ1n) is 16.1. The van der Waals surface area contributed by atoms with E-state index in [9.17, 15) is 70.9 Å². The van der Waals surface area contributed by atoms with Gasteiger partial charge >= 0.3 is 0 Å². The van der Waals surface area contributed by atoms with Gasteiger partial charge in [-0.15, -0.1) is 0 Å². The van der Waals surface area contributed by atoms with Crippen molar-refractivity contribution >= 4 is 11.8 Å². The summed E-state index contributed by atoms with van der Waals surface area (Å²) in [5.41, 5.74) is 0. The highest BCUT2D eigenvalue weighted by Crippen LogP contribution is 2.31. The Balaban J connectivity index is 1.41. The first kappa shape index (κ1) is 41.9. The van der Waals surface area contributed by atoms with E-state index >= 15 is 0 Å². The van der Waals surface area contributed by atoms with Gasteiger partial charge in [0.05, 0.1) is 26.4 Å². The Labute approximate surface area is 289 Å². The third-order valence-corrected chi connectivity index (χ3v) is 8.97. The molecule has 0 aromatic heterocycles. The van der Waals surface area contributed by atoms with Gasteiger partial charge in [-0.25, -0.2) is 0 Å². The van der Waals surface area contributed by atoms with Crippen molar-refractivity contribution in [2.45, 2.75) is 137 Å². The van der Waals surface area contributed by atoms with E-state index in [0.29, 0.717) is 0 Å². The Morgan fingerprint density at radius 1 is 0.510 bits per heavy atom. The van der Waals surface area contributed by atoms with Crippen LogP contribution >= 0.6 is 0 Å². The summed E-state index contributed by atoms with van der Waals surface area (Å²) in [4.78, 5) is 23.3. The molecule has 1 unspecified atom stereocenters. The molecule has 2 amide bonds. The number of aliphatic hydroxyl groups is 12. The first-order chi connectivity index (χ1) is 24.0. The molecule has 0 saturated carbocycles. The van der Waals surface area contributed by atoms with E-state index in [0.717, 1.165) is 13.8 Å². The minimum absolute atomic E-state index is 0.631. The highest BCUT2D eigenvalue weighted by Gasteiger charge is 2.52. The van der Waals surface area contributed by atoms with Crippen LogP contribution in [0.2, 0.25) is 0 Å². The zero-order valence-corrected chi connectivity index (χ0v) is 27.4. The fourth-order valence-electron chi connectivity index (χ4n) is 6.15. The van der Waals surface area contributed by atoms with E-state index in [-0.39, 0.29) is 0 Å². The maximum Gasteiger partial charge on any atom is 0.217 e. The van der Waals surface area contributed by atoms with Gasteiger partial charge in [-0.1, -0.05) is 0 Å². The number of rotatable bonds is 12. The van der Waals surface area contributed by atoms with Crippen LogP contribution in [0, 0.1) is 0 Å². The number of amides is 2. The van der Waals surface area contributed by atoms with Crippen molar-refractivity contribution in [2.24, 2.45) is 0 Å². The second kappa shape index (κ2) is 18.0. The second-order valence-electron chi connectivity index (χ2n) is 12.7. The Bertz CT molecular complexity index is 1140. The molecule has 0 aliphatic carbocycles. The van der Waals surface area contributed by atoms with Crippen LogP contribution in [0.1, 0.15) is 13.8 Å². The van der Waals surface area contributed by atoms with Gasteiger partial charge in [0.2, 0.25) is 11.8 Å². The van der Waals surface area contributed by atoms with Crippen molar-refractivity contribution in [3.05, 3.63) is 0 Å². The summed E-state index contributed by atoms with van der Waals surface area (Å²) < 4.78 is 38.6. The predicted octanol–water partition coefficient (Wildman–Crippen LogP) is -9.46. The van der Waals surface area contributed by atoms with Gasteiger partial charge in [0.15, 0.2) is 25.2 Å². The van der Waals surface area contributed by atoms with E-state index in [1.54, 1.807) is 0 Å². The third-order valence-electron chi connectivity index (χ3n) is 8.97. The van der Waals surface area contributed by atoms with Gasteiger partial charge < -0.3 is 105 Å². The van der Waals surface area contributed by atoms with Crippen LogP contribution in [-0.4, -0.2) is 222 Å². The molecular formula is C28H48N2O21. The molecule has 296 valence electrons. The molecule has 4 heterocycles. The van der Waals surface area contributed by atoms with Crippen LogP contribution in [-0.2, 0) is 42.7 Å². The standard InChI is InChI=1S/C28H48N2O21/c1-7(33)29-13-19(39)24(10(4-32)47-25(13)44)51-28-23(43)21(41)17(37)12(50-28)6-46-27-22(42)20(40)16(36)11(49-27)5-45-26-14(30-8(2)34)18(38)15(35)9(3-31)48-26/h9-28,31-32,35-44H,3-6H2,1-2H3,(H,29,33)(H,30,34)/t9-,10-,11-,12-,13-,14-,15-,16-,17-,18-,19-,20+,21+,22+,23+,24-,25?,26-,27+,28+/m1/s1. The molecule has 0 aromatic rings. The van der Waals surface area contributed by atoms with E-state index in [1.165, 1.54) is 0 Å². The van der Waals surface area contributed by atoms with E-state index < -0.39 is 161 Å². The lowest BCUT2D eigenvalue weighted by molar-refractivity contribution is -0.356. The average molecular weight is 749 g/mol. The number of nitrogens with one attached hydrogen (secondary N) is 2. The normalized spacial score (nSPS) is 47.8. The smallest absolute Gasteiger partial charge is 0.217 e. The second-order valence-corrected chi connectivity index (χ2v) is 12.7. The molecule has 4 rings (SSSR count). The van der Waals surface area contributed by atoms with Crippen molar-refractivity contribution in [2.75, 3.05) is 26.4 Å². The number of carbonyl (C=O) groups is 2. The van der Waals surface area contributed by atoms with Crippen LogP contribution in [0.5, 0.6) is 0 Å². The zero-order chi connectivity index (χ0) is 37.9. The lowest BCUT2D eigenvalue weighted by Crippen LogP contribution is -2.67. The van der Waals surface area contributed by atoms with Crippen molar-refractivity contribution in [1.82, 2.24) is 10.6 Å². The lowest BCUT2D eigenvalue weighted by Gasteiger charge is -2.46. The van der Waals surface area contributed by atoms with E-state index in [2.05, 4.69) is 10.6 Å². The Morgan fingerprint density at radius 3 is 1.49 bits per heavy atom. The zero-order valence-electron chi connectivity index (χ0n) is 27.4. The largest absolute Gasteiger partial charge is 0.394 e. The minimum Gasteiger partial charge on any atom is -0.394 e. The SMILES string of the molecule is CC(=O)N[C@H]1[C@H](OC[C@H]2O[C@H](OC[C@H]3O[C@@H](O[C@H]4[C@H](O)[C@@H](NC(C)=O)C(O)O[C@@H]4CO)[C@@H](O)[C@@H](O)[C@@H]3O)[C@@H](O)[C@@H](O)[C@@H]2O)O[C@H](CO)[C@@H](O)[C@@H]1O. The number of hydrogen-bond acceptors (Lipinski definition) is 21. The van der Waals surface area contributed by atoms with Gasteiger partial charge in [-0.05, 0) is 0 Å². The van der Waals surface area contributed by atoms with E-state index in [1.807, 2.05) is 0 Å². The van der Waals surface area contributed by atoms with Gasteiger partial charge in [-0.2, -0.15) is 0 Å². The Hall–Kier alpha value is -1.82. The Morgan fingerprint density at radius 2 is 0.961 bits per heavy atom. The molecule has 0 radical (unpaired) electrons. The summed E-state index contributed by atoms with van der Waals surface area (Å²) >= 11 is 0. The van der Waals surface area contributed by atoms with Crippen LogP contribution < -0.4 is 10.6 Å². The average Bonchev–Trinajstić information content (AvgIpc) is 3.08. The number of carbonyl (C=O) groups excluding carboxylic acids is 2. The molecular weight excluding hydrogens is 700 g/mol. The summed E-state index contributed by atoms with van der Waals surface area (Å²) in [7, 11) is 0. The summed E-state index contributed by atoms with van der Waals surface area (Å²) in [5, 5.41) is 129. The molecule has 14 N–H and O–H groups in total. The van der Waals surface area contributed by atoms with Crippen LogP contribution in [0.3, 0.4) is 0 Å². The van der Waals surface area contributed by atoms with Crippen molar-refractivity contribution in [1.29, 1.82) is 0 Å². The number of ether oxygens (including phenoxy) is 7. The molecule has 4 aliphatic heterocycles. The highest BCUT2D eigenvalue weighted by atomic mass is 16.8. The maximum atomic E-state index is 11.7. The van der Waals surface area contributed by atoms with Crippen molar-refractivity contribution in [3.63, 3.8) is 0 Å².